The van der Waals surface area contributed by atoms with Crippen molar-refractivity contribution in [1.82, 2.24) is 0 Å². The van der Waals surface area contributed by atoms with Gasteiger partial charge in [0.1, 0.15) is 18.5 Å². The monoisotopic (exact) mass is 324 g/mol. The second-order valence-electron chi connectivity index (χ2n) is 7.34. The van der Waals surface area contributed by atoms with Gasteiger partial charge in [0.2, 0.25) is 0 Å². The highest BCUT2D eigenvalue weighted by Gasteiger charge is 2.28. The molecule has 0 bridgehead atoms. The van der Waals surface area contributed by atoms with Crippen LogP contribution in [0, 0.1) is 6.92 Å². The summed E-state index contributed by atoms with van der Waals surface area (Å²) in [5.74, 6) is 0.663. The predicted octanol–water partition coefficient (Wildman–Crippen LogP) is 4.30. The fourth-order valence-electron chi connectivity index (χ4n) is 2.82. The molecule has 2 aromatic carbocycles. The first-order chi connectivity index (χ1) is 11.4. The van der Waals surface area contributed by atoms with Crippen LogP contribution < -0.4 is 4.74 Å². The van der Waals surface area contributed by atoms with Crippen molar-refractivity contribution in [3.63, 3.8) is 0 Å². The lowest BCUT2D eigenvalue weighted by atomic mass is 9.81. The summed E-state index contributed by atoms with van der Waals surface area (Å²) in [5, 5.41) is 0. The van der Waals surface area contributed by atoms with Crippen molar-refractivity contribution in [1.29, 1.82) is 0 Å². The Morgan fingerprint density at radius 1 is 1.17 bits per heavy atom. The van der Waals surface area contributed by atoms with E-state index in [2.05, 4.69) is 20.8 Å². The molecular weight excluding hydrogens is 300 g/mol. The number of carbonyl (C=O) groups is 1. The van der Waals surface area contributed by atoms with Gasteiger partial charge >= 0.3 is 0 Å². The van der Waals surface area contributed by atoms with E-state index in [9.17, 15) is 4.79 Å². The van der Waals surface area contributed by atoms with Gasteiger partial charge in [-0.2, -0.15) is 0 Å². The maximum absolute atomic E-state index is 13.3. The van der Waals surface area contributed by atoms with Gasteiger partial charge in [-0.05, 0) is 29.5 Å². The highest BCUT2D eigenvalue weighted by Crippen LogP contribution is 2.34. The van der Waals surface area contributed by atoms with Crippen LogP contribution in [0.15, 0.2) is 42.5 Å². The third-order valence-electron chi connectivity index (χ3n) is 4.28. The Hall–Kier alpha value is -2.13. The molecule has 24 heavy (non-hydrogen) atoms. The van der Waals surface area contributed by atoms with E-state index in [1.165, 1.54) is 0 Å². The fraction of sp³-hybridized carbons (Fsp3) is 0.381. The molecule has 1 aliphatic rings. The van der Waals surface area contributed by atoms with Gasteiger partial charge in [0.05, 0.1) is 12.2 Å². The molecule has 0 radical (unpaired) electrons. The summed E-state index contributed by atoms with van der Waals surface area (Å²) in [6.07, 6.45) is 0.157. The molecule has 1 atom stereocenters. The SMILES string of the molecule is Cc1ccccc1C(=O)c1c(OCC2CO2)cccc1C(C)(C)C. The van der Waals surface area contributed by atoms with Gasteiger partial charge < -0.3 is 9.47 Å². The molecule has 3 heteroatoms. The van der Waals surface area contributed by atoms with E-state index < -0.39 is 0 Å². The van der Waals surface area contributed by atoms with Gasteiger partial charge in [0, 0.05) is 5.56 Å². The summed E-state index contributed by atoms with van der Waals surface area (Å²) in [6.45, 7) is 9.54. The summed E-state index contributed by atoms with van der Waals surface area (Å²) in [6, 6.07) is 13.5. The molecule has 0 aromatic heterocycles. The van der Waals surface area contributed by atoms with Crippen LogP contribution in [0.1, 0.15) is 47.8 Å². The number of carbonyl (C=O) groups excluding carboxylic acids is 1. The molecule has 0 aliphatic carbocycles. The Labute approximate surface area is 143 Å². The van der Waals surface area contributed by atoms with Gasteiger partial charge in [-0.1, -0.05) is 57.2 Å². The molecule has 2 aromatic rings. The number of rotatable bonds is 5. The second kappa shape index (κ2) is 6.40. The van der Waals surface area contributed by atoms with Crippen molar-refractivity contribution in [2.45, 2.75) is 39.2 Å². The summed E-state index contributed by atoms with van der Waals surface area (Å²) in [4.78, 5) is 13.3. The van der Waals surface area contributed by atoms with Crippen molar-refractivity contribution in [2.24, 2.45) is 0 Å². The maximum atomic E-state index is 13.3. The Bertz CT molecular complexity index is 752. The van der Waals surface area contributed by atoms with E-state index in [0.717, 1.165) is 23.3 Å². The van der Waals surface area contributed by atoms with E-state index in [1.807, 2.05) is 49.4 Å². The number of epoxide rings is 1. The van der Waals surface area contributed by atoms with E-state index in [-0.39, 0.29) is 17.3 Å². The zero-order valence-corrected chi connectivity index (χ0v) is 14.8. The van der Waals surface area contributed by atoms with E-state index in [4.69, 9.17) is 9.47 Å². The number of hydrogen-bond acceptors (Lipinski definition) is 3. The molecule has 3 rings (SSSR count). The van der Waals surface area contributed by atoms with Crippen LogP contribution in [0.5, 0.6) is 5.75 Å². The van der Waals surface area contributed by atoms with E-state index >= 15 is 0 Å². The standard InChI is InChI=1S/C21H24O3/c1-14-8-5-6-9-16(14)20(22)19-17(21(2,3)4)10-7-11-18(19)24-13-15-12-23-15/h5-11,15H,12-13H2,1-4H3. The van der Waals surface area contributed by atoms with Gasteiger partial charge in [-0.15, -0.1) is 0 Å². The predicted molar refractivity (Wildman–Crippen MR) is 95.0 cm³/mol. The molecule has 1 unspecified atom stereocenters. The average molecular weight is 324 g/mol. The molecular formula is C21H24O3. The van der Waals surface area contributed by atoms with Crippen LogP contribution in [-0.4, -0.2) is 25.1 Å². The topological polar surface area (TPSA) is 38.8 Å². The number of benzene rings is 2. The molecule has 0 saturated carbocycles. The molecule has 1 heterocycles. The maximum Gasteiger partial charge on any atom is 0.197 e. The first kappa shape index (κ1) is 16.7. The average Bonchev–Trinajstić information content (AvgIpc) is 3.36. The second-order valence-corrected chi connectivity index (χ2v) is 7.34. The molecule has 3 nitrogen and oxygen atoms in total. The Morgan fingerprint density at radius 2 is 1.88 bits per heavy atom. The third kappa shape index (κ3) is 3.51. The van der Waals surface area contributed by atoms with Crippen molar-refractivity contribution < 1.29 is 14.3 Å². The van der Waals surface area contributed by atoms with Crippen LogP contribution in [0.2, 0.25) is 0 Å². The third-order valence-corrected chi connectivity index (χ3v) is 4.28. The normalized spacial score (nSPS) is 16.8. The molecule has 1 aliphatic heterocycles. The summed E-state index contributed by atoms with van der Waals surface area (Å²) < 4.78 is 11.2. The van der Waals surface area contributed by atoms with Gasteiger partial charge in [-0.25, -0.2) is 0 Å². The van der Waals surface area contributed by atoms with E-state index in [1.54, 1.807) is 0 Å². The van der Waals surface area contributed by atoms with Crippen LogP contribution in [0.25, 0.3) is 0 Å². The Kier molecular flexibility index (Phi) is 4.46. The Balaban J connectivity index is 2.08. The lowest BCUT2D eigenvalue weighted by molar-refractivity contribution is 0.103. The summed E-state index contributed by atoms with van der Waals surface area (Å²) in [7, 11) is 0. The van der Waals surface area contributed by atoms with Gasteiger partial charge in [-0.3, -0.25) is 4.79 Å². The van der Waals surface area contributed by atoms with E-state index in [0.29, 0.717) is 17.9 Å². The lowest BCUT2D eigenvalue weighted by Gasteiger charge is -2.24. The molecule has 0 N–H and O–H groups in total. The summed E-state index contributed by atoms with van der Waals surface area (Å²) >= 11 is 0. The molecule has 1 fully saturated rings. The Morgan fingerprint density at radius 3 is 2.50 bits per heavy atom. The summed E-state index contributed by atoms with van der Waals surface area (Å²) in [5.41, 5.74) is 3.22. The van der Waals surface area contributed by atoms with Crippen molar-refractivity contribution in [3.05, 3.63) is 64.7 Å². The lowest BCUT2D eigenvalue weighted by Crippen LogP contribution is -2.20. The van der Waals surface area contributed by atoms with Crippen LogP contribution in [0.3, 0.4) is 0 Å². The number of aryl methyl sites for hydroxylation is 1. The largest absolute Gasteiger partial charge is 0.490 e. The van der Waals surface area contributed by atoms with Crippen LogP contribution >= 0.6 is 0 Å². The van der Waals surface area contributed by atoms with Gasteiger partial charge in [0.15, 0.2) is 5.78 Å². The smallest absolute Gasteiger partial charge is 0.197 e. The van der Waals surface area contributed by atoms with Crippen molar-refractivity contribution in [2.75, 3.05) is 13.2 Å². The van der Waals surface area contributed by atoms with Crippen molar-refractivity contribution in [3.8, 4) is 5.75 Å². The van der Waals surface area contributed by atoms with Gasteiger partial charge in [0.25, 0.3) is 0 Å². The minimum absolute atomic E-state index is 0.0188. The molecule has 0 amide bonds. The molecule has 0 spiro atoms. The number of hydrogen-bond donors (Lipinski definition) is 0. The minimum Gasteiger partial charge on any atom is -0.490 e. The highest BCUT2D eigenvalue weighted by molar-refractivity contribution is 6.12. The zero-order chi connectivity index (χ0) is 17.3. The first-order valence-corrected chi connectivity index (χ1v) is 8.36. The zero-order valence-electron chi connectivity index (χ0n) is 14.8. The van der Waals surface area contributed by atoms with Crippen LogP contribution in [0.4, 0.5) is 0 Å². The molecule has 126 valence electrons. The number of ketones is 1. The quantitative estimate of drug-likeness (QED) is 0.608. The highest BCUT2D eigenvalue weighted by atomic mass is 16.6. The minimum atomic E-state index is -0.150. The van der Waals surface area contributed by atoms with Crippen LogP contribution in [-0.2, 0) is 10.2 Å². The molecule has 1 saturated heterocycles. The van der Waals surface area contributed by atoms with Crippen molar-refractivity contribution >= 4 is 5.78 Å². The fourth-order valence-corrected chi connectivity index (χ4v) is 2.82. The number of ether oxygens (including phenoxy) is 2. The first-order valence-electron chi connectivity index (χ1n) is 8.36.